The summed E-state index contributed by atoms with van der Waals surface area (Å²) in [5.74, 6) is 0. The summed E-state index contributed by atoms with van der Waals surface area (Å²) < 4.78 is 5.14. The molecule has 0 fully saturated rings. The first kappa shape index (κ1) is 11.2. The average molecular weight is 241 g/mol. The zero-order chi connectivity index (χ0) is 12.5. The summed E-state index contributed by atoms with van der Waals surface area (Å²) in [6.07, 6.45) is 4.81. The zero-order valence-corrected chi connectivity index (χ0v) is 10.3. The second kappa shape index (κ2) is 4.42. The van der Waals surface area contributed by atoms with Gasteiger partial charge < -0.3 is 9.32 Å². The molecular weight excluding hydrogens is 226 g/mol. The van der Waals surface area contributed by atoms with Crippen LogP contribution in [0, 0.1) is 0 Å². The van der Waals surface area contributed by atoms with Crippen LogP contribution in [0.4, 0.5) is 0 Å². The Hall–Kier alpha value is -1.87. The van der Waals surface area contributed by atoms with Crippen molar-refractivity contribution < 1.29 is 4.42 Å². The van der Waals surface area contributed by atoms with Crippen LogP contribution in [-0.4, -0.2) is 25.0 Å². The highest BCUT2D eigenvalue weighted by atomic mass is 16.4. The largest absolute Gasteiger partial charge is 0.430 e. The minimum Gasteiger partial charge on any atom is -0.430 e. The highest BCUT2D eigenvalue weighted by Gasteiger charge is 2.13. The third-order valence-corrected chi connectivity index (χ3v) is 3.48. The van der Waals surface area contributed by atoms with E-state index in [1.165, 1.54) is 5.57 Å². The molecule has 1 aromatic carbocycles. The highest BCUT2D eigenvalue weighted by Crippen LogP contribution is 2.27. The minimum absolute atomic E-state index is 0.261. The second-order valence-corrected chi connectivity index (χ2v) is 4.72. The summed E-state index contributed by atoms with van der Waals surface area (Å²) >= 11 is 0. The Bertz CT molecular complexity index is 669. The van der Waals surface area contributed by atoms with Crippen LogP contribution in [0.2, 0.25) is 0 Å². The van der Waals surface area contributed by atoms with Crippen LogP contribution in [0.25, 0.3) is 16.3 Å². The maximum atomic E-state index is 11.7. The molecule has 18 heavy (non-hydrogen) atoms. The summed E-state index contributed by atoms with van der Waals surface area (Å²) in [4.78, 5) is 13.9. The molecule has 3 nitrogen and oxygen atoms in total. The van der Waals surface area contributed by atoms with E-state index in [0.29, 0.717) is 5.39 Å². The van der Waals surface area contributed by atoms with E-state index in [4.69, 9.17) is 4.42 Å². The number of hydrogen-bond acceptors (Lipinski definition) is 3. The van der Waals surface area contributed by atoms with Gasteiger partial charge in [0.2, 0.25) is 0 Å². The SMILES string of the molecule is CN1CC=C(c2coc(=O)c3ccccc23)CC1. The van der Waals surface area contributed by atoms with Crippen LogP contribution >= 0.6 is 0 Å². The van der Waals surface area contributed by atoms with Gasteiger partial charge in [0.15, 0.2) is 0 Å². The highest BCUT2D eigenvalue weighted by molar-refractivity contribution is 5.92. The summed E-state index contributed by atoms with van der Waals surface area (Å²) in [5, 5.41) is 1.65. The molecule has 1 aromatic heterocycles. The van der Waals surface area contributed by atoms with E-state index in [2.05, 4.69) is 18.0 Å². The van der Waals surface area contributed by atoms with Crippen molar-refractivity contribution in [3.63, 3.8) is 0 Å². The van der Waals surface area contributed by atoms with Crippen LogP contribution in [0.15, 0.2) is 45.8 Å². The Kier molecular flexibility index (Phi) is 2.76. The van der Waals surface area contributed by atoms with Crippen LogP contribution in [0.1, 0.15) is 12.0 Å². The smallest absolute Gasteiger partial charge is 0.343 e. The monoisotopic (exact) mass is 241 g/mol. The van der Waals surface area contributed by atoms with E-state index < -0.39 is 0 Å². The van der Waals surface area contributed by atoms with Crippen molar-refractivity contribution in [1.29, 1.82) is 0 Å². The van der Waals surface area contributed by atoms with E-state index in [1.807, 2.05) is 24.3 Å². The first-order chi connectivity index (χ1) is 8.75. The van der Waals surface area contributed by atoms with Crippen molar-refractivity contribution in [2.24, 2.45) is 0 Å². The van der Waals surface area contributed by atoms with Crippen molar-refractivity contribution >= 4 is 16.3 Å². The molecule has 0 unspecified atom stereocenters. The predicted molar refractivity (Wildman–Crippen MR) is 72.6 cm³/mol. The van der Waals surface area contributed by atoms with Gasteiger partial charge >= 0.3 is 5.63 Å². The fraction of sp³-hybridized carbons (Fsp3) is 0.267. The molecule has 0 saturated heterocycles. The minimum atomic E-state index is -0.261. The molecule has 3 heteroatoms. The molecule has 92 valence electrons. The molecule has 0 radical (unpaired) electrons. The van der Waals surface area contributed by atoms with Gasteiger partial charge in [0.25, 0.3) is 0 Å². The normalized spacial score (nSPS) is 16.8. The predicted octanol–water partition coefficient (Wildman–Crippen LogP) is 2.51. The van der Waals surface area contributed by atoms with E-state index in [1.54, 1.807) is 6.26 Å². The third-order valence-electron chi connectivity index (χ3n) is 3.48. The molecule has 3 rings (SSSR count). The van der Waals surface area contributed by atoms with E-state index in [-0.39, 0.29) is 5.63 Å². The number of fused-ring (bicyclic) bond motifs is 1. The van der Waals surface area contributed by atoms with Gasteiger partial charge in [0.05, 0.1) is 5.39 Å². The van der Waals surface area contributed by atoms with Gasteiger partial charge in [-0.05, 0) is 30.5 Å². The molecule has 0 N–H and O–H groups in total. The molecule has 1 aliphatic rings. The Morgan fingerprint density at radius 1 is 1.22 bits per heavy atom. The second-order valence-electron chi connectivity index (χ2n) is 4.72. The van der Waals surface area contributed by atoms with E-state index >= 15 is 0 Å². The van der Waals surface area contributed by atoms with Crippen LogP contribution < -0.4 is 5.63 Å². The van der Waals surface area contributed by atoms with Crippen molar-refractivity contribution in [2.45, 2.75) is 6.42 Å². The lowest BCUT2D eigenvalue weighted by Crippen LogP contribution is -2.23. The molecule has 0 atom stereocenters. The lowest BCUT2D eigenvalue weighted by atomic mass is 9.97. The summed E-state index contributed by atoms with van der Waals surface area (Å²) in [6, 6.07) is 7.63. The molecule has 0 spiro atoms. The quantitative estimate of drug-likeness (QED) is 0.769. The Balaban J connectivity index is 2.19. The van der Waals surface area contributed by atoms with Crippen LogP contribution in [0.3, 0.4) is 0 Å². The molecule has 2 heterocycles. The lowest BCUT2D eigenvalue weighted by Gasteiger charge is -2.22. The summed E-state index contributed by atoms with van der Waals surface area (Å²) in [5.41, 5.74) is 2.06. The number of likely N-dealkylation sites (N-methyl/N-ethyl adjacent to an activating group) is 1. The summed E-state index contributed by atoms with van der Waals surface area (Å²) in [7, 11) is 2.11. The fourth-order valence-electron chi connectivity index (χ4n) is 2.40. The van der Waals surface area contributed by atoms with Crippen LogP contribution in [0.5, 0.6) is 0 Å². The number of hydrogen-bond donors (Lipinski definition) is 0. The first-order valence-electron chi connectivity index (χ1n) is 6.14. The van der Waals surface area contributed by atoms with Crippen molar-refractivity contribution in [2.75, 3.05) is 20.1 Å². The average Bonchev–Trinajstić information content (AvgIpc) is 2.41. The molecule has 0 amide bonds. The Morgan fingerprint density at radius 2 is 2.00 bits per heavy atom. The van der Waals surface area contributed by atoms with Gasteiger partial charge in [-0.2, -0.15) is 0 Å². The van der Waals surface area contributed by atoms with Crippen LogP contribution in [-0.2, 0) is 0 Å². The molecule has 0 saturated carbocycles. The Labute approximate surface area is 105 Å². The fourth-order valence-corrected chi connectivity index (χ4v) is 2.40. The molecular formula is C15H15NO2. The number of rotatable bonds is 1. The number of nitrogens with zero attached hydrogens (tertiary/aromatic N) is 1. The van der Waals surface area contributed by atoms with Crippen molar-refractivity contribution in [3.8, 4) is 0 Å². The maximum Gasteiger partial charge on any atom is 0.343 e. The molecule has 0 bridgehead atoms. The van der Waals surface area contributed by atoms with E-state index in [0.717, 1.165) is 30.5 Å². The first-order valence-corrected chi connectivity index (χ1v) is 6.14. The van der Waals surface area contributed by atoms with Gasteiger partial charge in [-0.3, -0.25) is 0 Å². The lowest BCUT2D eigenvalue weighted by molar-refractivity contribution is 0.369. The van der Waals surface area contributed by atoms with Crippen molar-refractivity contribution in [3.05, 3.63) is 52.6 Å². The standard InChI is InChI=1S/C15H15NO2/c1-16-8-6-11(7-9-16)14-10-18-15(17)13-5-3-2-4-12(13)14/h2-6,10H,7-9H2,1H3. The van der Waals surface area contributed by atoms with Gasteiger partial charge in [0.1, 0.15) is 6.26 Å². The topological polar surface area (TPSA) is 33.5 Å². The third kappa shape index (κ3) is 1.87. The van der Waals surface area contributed by atoms with Gasteiger partial charge in [-0.1, -0.05) is 24.3 Å². The van der Waals surface area contributed by atoms with E-state index in [9.17, 15) is 4.79 Å². The molecule has 2 aromatic rings. The number of benzene rings is 1. The summed E-state index contributed by atoms with van der Waals surface area (Å²) in [6.45, 7) is 1.99. The van der Waals surface area contributed by atoms with Gasteiger partial charge in [0, 0.05) is 18.7 Å². The van der Waals surface area contributed by atoms with Gasteiger partial charge in [-0.15, -0.1) is 0 Å². The molecule has 1 aliphatic heterocycles. The Morgan fingerprint density at radius 3 is 2.72 bits per heavy atom. The zero-order valence-electron chi connectivity index (χ0n) is 10.3. The maximum absolute atomic E-state index is 11.7. The van der Waals surface area contributed by atoms with Crippen molar-refractivity contribution in [1.82, 2.24) is 4.90 Å². The molecule has 0 aliphatic carbocycles. The van der Waals surface area contributed by atoms with Gasteiger partial charge in [-0.25, -0.2) is 4.79 Å².